The summed E-state index contributed by atoms with van der Waals surface area (Å²) in [7, 11) is 3.47. The van der Waals surface area contributed by atoms with Crippen LogP contribution in [-0.2, 0) is 0 Å². The monoisotopic (exact) mass is 247 g/mol. The van der Waals surface area contributed by atoms with Crippen LogP contribution in [-0.4, -0.2) is 30.9 Å². The number of nitrogens with one attached hydrogen (secondary N) is 1. The number of anilines is 2. The SMILES string of the molecule is CC1CC(Nc2ccc(C(=O)N(C)C)cc2N)C1. The molecule has 1 aliphatic rings. The van der Waals surface area contributed by atoms with Crippen LogP contribution in [0, 0.1) is 5.92 Å². The Morgan fingerprint density at radius 2 is 2.06 bits per heavy atom. The first-order valence-electron chi connectivity index (χ1n) is 6.35. The van der Waals surface area contributed by atoms with E-state index >= 15 is 0 Å². The highest BCUT2D eigenvalue weighted by atomic mass is 16.2. The molecule has 4 nitrogen and oxygen atoms in total. The van der Waals surface area contributed by atoms with Gasteiger partial charge in [0.05, 0.1) is 11.4 Å². The van der Waals surface area contributed by atoms with E-state index in [1.54, 1.807) is 25.1 Å². The lowest BCUT2D eigenvalue weighted by Crippen LogP contribution is -2.34. The highest BCUT2D eigenvalue weighted by molar-refractivity contribution is 5.95. The average molecular weight is 247 g/mol. The smallest absolute Gasteiger partial charge is 0.253 e. The number of hydrogen-bond acceptors (Lipinski definition) is 3. The Labute approximate surface area is 108 Å². The van der Waals surface area contributed by atoms with E-state index in [0.29, 0.717) is 17.3 Å². The molecule has 0 aliphatic heterocycles. The number of rotatable bonds is 3. The third-order valence-electron chi connectivity index (χ3n) is 3.44. The summed E-state index contributed by atoms with van der Waals surface area (Å²) in [6.07, 6.45) is 2.38. The Balaban J connectivity index is 2.08. The fourth-order valence-electron chi connectivity index (χ4n) is 2.33. The van der Waals surface area contributed by atoms with Gasteiger partial charge in [0.1, 0.15) is 0 Å². The van der Waals surface area contributed by atoms with Crippen LogP contribution in [0.15, 0.2) is 18.2 Å². The maximum Gasteiger partial charge on any atom is 0.253 e. The summed E-state index contributed by atoms with van der Waals surface area (Å²) in [5.74, 6) is 0.781. The molecule has 0 saturated heterocycles. The molecule has 1 saturated carbocycles. The fraction of sp³-hybridized carbons (Fsp3) is 0.500. The molecule has 1 aliphatic carbocycles. The van der Waals surface area contributed by atoms with Crippen molar-refractivity contribution in [3.05, 3.63) is 23.8 Å². The molecule has 3 N–H and O–H groups in total. The molecule has 1 aromatic rings. The third kappa shape index (κ3) is 2.58. The summed E-state index contributed by atoms with van der Waals surface area (Å²) in [5.41, 5.74) is 8.19. The van der Waals surface area contributed by atoms with E-state index < -0.39 is 0 Å². The lowest BCUT2D eigenvalue weighted by molar-refractivity contribution is 0.0827. The van der Waals surface area contributed by atoms with Crippen molar-refractivity contribution in [2.24, 2.45) is 5.92 Å². The zero-order chi connectivity index (χ0) is 13.3. The van der Waals surface area contributed by atoms with Gasteiger partial charge < -0.3 is 16.0 Å². The Morgan fingerprint density at radius 3 is 2.56 bits per heavy atom. The second kappa shape index (κ2) is 4.88. The number of nitrogens with two attached hydrogens (primary N) is 1. The van der Waals surface area contributed by atoms with Crippen LogP contribution >= 0.6 is 0 Å². The number of benzene rings is 1. The summed E-state index contributed by atoms with van der Waals surface area (Å²) < 4.78 is 0. The van der Waals surface area contributed by atoms with Gasteiger partial charge in [-0.1, -0.05) is 6.92 Å². The van der Waals surface area contributed by atoms with Crippen molar-refractivity contribution in [3.8, 4) is 0 Å². The highest BCUT2D eigenvalue weighted by Gasteiger charge is 2.25. The maximum absolute atomic E-state index is 11.8. The second-order valence-corrected chi connectivity index (χ2v) is 5.42. The Bertz CT molecular complexity index is 450. The van der Waals surface area contributed by atoms with Crippen LogP contribution in [0.5, 0.6) is 0 Å². The van der Waals surface area contributed by atoms with E-state index in [1.807, 2.05) is 12.1 Å². The van der Waals surface area contributed by atoms with Crippen molar-refractivity contribution in [3.63, 3.8) is 0 Å². The molecule has 0 atom stereocenters. The van der Waals surface area contributed by atoms with Crippen LogP contribution in [0.3, 0.4) is 0 Å². The molecular formula is C14H21N3O. The first-order chi connectivity index (χ1) is 8.47. The minimum atomic E-state index is -0.0227. The number of hydrogen-bond donors (Lipinski definition) is 2. The lowest BCUT2D eigenvalue weighted by Gasteiger charge is -2.34. The van der Waals surface area contributed by atoms with E-state index in [4.69, 9.17) is 5.73 Å². The number of nitrogens with zero attached hydrogens (tertiary/aromatic N) is 1. The largest absolute Gasteiger partial charge is 0.397 e. The Hall–Kier alpha value is -1.71. The average Bonchev–Trinajstić information content (AvgIpc) is 2.28. The Morgan fingerprint density at radius 1 is 1.39 bits per heavy atom. The predicted molar refractivity (Wildman–Crippen MR) is 74.7 cm³/mol. The van der Waals surface area contributed by atoms with Crippen LogP contribution in [0.2, 0.25) is 0 Å². The first-order valence-corrected chi connectivity index (χ1v) is 6.35. The van der Waals surface area contributed by atoms with Gasteiger partial charge in [-0.3, -0.25) is 4.79 Å². The van der Waals surface area contributed by atoms with Gasteiger partial charge in [0.25, 0.3) is 5.91 Å². The van der Waals surface area contributed by atoms with E-state index in [9.17, 15) is 4.79 Å². The predicted octanol–water partition coefficient (Wildman–Crippen LogP) is 2.18. The number of carbonyl (C=O) groups excluding carboxylic acids is 1. The van der Waals surface area contributed by atoms with Gasteiger partial charge in [-0.15, -0.1) is 0 Å². The van der Waals surface area contributed by atoms with Crippen LogP contribution in [0.25, 0.3) is 0 Å². The topological polar surface area (TPSA) is 58.4 Å². The van der Waals surface area contributed by atoms with E-state index in [-0.39, 0.29) is 5.91 Å². The van der Waals surface area contributed by atoms with Crippen LogP contribution in [0.1, 0.15) is 30.1 Å². The normalized spacial score (nSPS) is 22.2. The molecule has 0 unspecified atom stereocenters. The van der Waals surface area contributed by atoms with Crippen molar-refractivity contribution in [2.75, 3.05) is 25.1 Å². The van der Waals surface area contributed by atoms with Crippen molar-refractivity contribution >= 4 is 17.3 Å². The molecule has 0 radical (unpaired) electrons. The molecule has 0 aromatic heterocycles. The Kier molecular flexibility index (Phi) is 3.45. The van der Waals surface area contributed by atoms with E-state index in [0.717, 1.165) is 11.6 Å². The molecule has 1 amide bonds. The number of carbonyl (C=O) groups is 1. The molecule has 1 aromatic carbocycles. The van der Waals surface area contributed by atoms with Crippen LogP contribution in [0.4, 0.5) is 11.4 Å². The summed E-state index contributed by atoms with van der Waals surface area (Å²) in [6.45, 7) is 2.25. The van der Waals surface area contributed by atoms with Gasteiger partial charge >= 0.3 is 0 Å². The van der Waals surface area contributed by atoms with Crippen LogP contribution < -0.4 is 11.1 Å². The molecular weight excluding hydrogens is 226 g/mol. The zero-order valence-corrected chi connectivity index (χ0v) is 11.2. The summed E-state index contributed by atoms with van der Waals surface area (Å²) in [5, 5.41) is 3.42. The third-order valence-corrected chi connectivity index (χ3v) is 3.44. The minimum absolute atomic E-state index is 0.0227. The summed E-state index contributed by atoms with van der Waals surface area (Å²) in [6, 6.07) is 5.99. The van der Waals surface area contributed by atoms with Gasteiger partial charge in [-0.2, -0.15) is 0 Å². The maximum atomic E-state index is 11.8. The van der Waals surface area contributed by atoms with Gasteiger partial charge in [0.2, 0.25) is 0 Å². The van der Waals surface area contributed by atoms with Crippen molar-refractivity contribution < 1.29 is 4.79 Å². The highest BCUT2D eigenvalue weighted by Crippen LogP contribution is 2.31. The lowest BCUT2D eigenvalue weighted by atomic mass is 9.82. The molecule has 2 rings (SSSR count). The van der Waals surface area contributed by atoms with E-state index in [1.165, 1.54) is 12.8 Å². The summed E-state index contributed by atoms with van der Waals surface area (Å²) in [4.78, 5) is 13.3. The molecule has 1 fully saturated rings. The van der Waals surface area contributed by atoms with E-state index in [2.05, 4.69) is 12.2 Å². The first kappa shape index (κ1) is 12.7. The number of nitrogen functional groups attached to an aromatic ring is 1. The molecule has 18 heavy (non-hydrogen) atoms. The van der Waals surface area contributed by atoms with Gasteiger partial charge in [0.15, 0.2) is 0 Å². The molecule has 0 bridgehead atoms. The second-order valence-electron chi connectivity index (χ2n) is 5.42. The number of amides is 1. The molecule has 0 spiro atoms. The molecule has 0 heterocycles. The van der Waals surface area contributed by atoms with Crippen molar-refractivity contribution in [1.29, 1.82) is 0 Å². The molecule has 98 valence electrons. The minimum Gasteiger partial charge on any atom is -0.397 e. The quantitative estimate of drug-likeness (QED) is 0.805. The van der Waals surface area contributed by atoms with Gasteiger partial charge in [-0.25, -0.2) is 0 Å². The standard InChI is InChI=1S/C14H21N3O/c1-9-6-11(7-9)16-13-5-4-10(8-12(13)15)14(18)17(2)3/h4-5,8-9,11,16H,6-7,15H2,1-3H3. The van der Waals surface area contributed by atoms with Gasteiger partial charge in [0, 0.05) is 25.7 Å². The van der Waals surface area contributed by atoms with Gasteiger partial charge in [-0.05, 0) is 37.0 Å². The summed E-state index contributed by atoms with van der Waals surface area (Å²) >= 11 is 0. The van der Waals surface area contributed by atoms with Crippen molar-refractivity contribution in [1.82, 2.24) is 4.90 Å². The fourth-order valence-corrected chi connectivity index (χ4v) is 2.33. The molecule has 4 heteroatoms. The van der Waals surface area contributed by atoms with Crippen molar-refractivity contribution in [2.45, 2.75) is 25.8 Å². The zero-order valence-electron chi connectivity index (χ0n) is 11.2.